The first kappa shape index (κ1) is 28.9. The Hall–Kier alpha value is -4.09. The zero-order chi connectivity index (χ0) is 28.8. The van der Waals surface area contributed by atoms with Gasteiger partial charge in [0.1, 0.15) is 24.6 Å². The highest BCUT2D eigenvalue weighted by molar-refractivity contribution is 9.10. The van der Waals surface area contributed by atoms with Gasteiger partial charge in [-0.2, -0.15) is 0 Å². The lowest BCUT2D eigenvalue weighted by molar-refractivity contribution is -0.121. The van der Waals surface area contributed by atoms with E-state index in [1.165, 1.54) is 26.4 Å². The maximum Gasteiger partial charge on any atom is 0.332 e. The van der Waals surface area contributed by atoms with E-state index < -0.39 is 36.2 Å². The first-order chi connectivity index (χ1) is 19.2. The molecule has 12 heteroatoms. The predicted molar refractivity (Wildman–Crippen MR) is 157 cm³/mol. The lowest BCUT2D eigenvalue weighted by Gasteiger charge is -2.16. The average molecular weight is 630 g/mol. The Labute approximate surface area is 242 Å². The van der Waals surface area contributed by atoms with Crippen LogP contribution in [-0.2, 0) is 29.1 Å². The van der Waals surface area contributed by atoms with Crippen LogP contribution in [0.3, 0.4) is 0 Å². The van der Waals surface area contributed by atoms with E-state index in [0.717, 1.165) is 19.2 Å². The highest BCUT2D eigenvalue weighted by atomic mass is 79.9. The van der Waals surface area contributed by atoms with Crippen molar-refractivity contribution < 1.29 is 19.1 Å². The zero-order valence-electron chi connectivity index (χ0n) is 21.7. The molecule has 0 aliphatic carbocycles. The first-order valence-electron chi connectivity index (χ1n) is 12.2. The largest absolute Gasteiger partial charge is 0.495 e. The number of anilines is 1. The first-order valence-corrected chi connectivity index (χ1v) is 13.3. The summed E-state index contributed by atoms with van der Waals surface area (Å²) in [5.41, 5.74) is 0.147. The molecule has 0 saturated carbocycles. The number of methoxy groups -OCH3 is 2. The fourth-order valence-electron chi connectivity index (χ4n) is 4.15. The van der Waals surface area contributed by atoms with Gasteiger partial charge in [-0.25, -0.2) is 4.79 Å². The summed E-state index contributed by atoms with van der Waals surface area (Å²) in [6.45, 7) is -0.602. The lowest BCUT2D eigenvalue weighted by Crippen LogP contribution is -2.45. The topological polar surface area (TPSA) is 121 Å². The number of carbonyl (C=O) groups excluding carboxylic acids is 2. The number of rotatable bonds is 10. The Morgan fingerprint density at radius 1 is 0.900 bits per heavy atom. The number of hydrogen-bond donors (Lipinski definition) is 2. The molecule has 2 N–H and O–H groups in total. The summed E-state index contributed by atoms with van der Waals surface area (Å²) in [6.07, 6.45) is 0.578. The number of ether oxygens (including phenoxy) is 2. The maximum atomic E-state index is 13.4. The lowest BCUT2D eigenvalue weighted by atomic mass is 10.1. The van der Waals surface area contributed by atoms with Crippen LogP contribution in [0.5, 0.6) is 11.5 Å². The summed E-state index contributed by atoms with van der Waals surface area (Å²) in [5.74, 6) is -0.409. The van der Waals surface area contributed by atoms with Crippen molar-refractivity contribution in [3.05, 3.63) is 96.6 Å². The molecule has 0 fully saturated rings. The normalized spacial score (nSPS) is 10.8. The molecule has 2 amide bonds. The molecular weight excluding hydrogens is 604 g/mol. The molecule has 4 aromatic rings. The number of nitrogens with zero attached hydrogens (tertiary/aromatic N) is 2. The molecule has 40 heavy (non-hydrogen) atoms. The predicted octanol–water partition coefficient (Wildman–Crippen LogP) is 3.59. The third kappa shape index (κ3) is 6.54. The molecule has 0 aliphatic heterocycles. The second kappa shape index (κ2) is 12.8. The number of aromatic nitrogens is 2. The van der Waals surface area contributed by atoms with Gasteiger partial charge < -0.3 is 20.1 Å². The number of nitrogens with one attached hydrogen (secondary N) is 2. The van der Waals surface area contributed by atoms with Crippen LogP contribution in [0, 0.1) is 0 Å². The SMILES string of the molecule is COc1cc(OC)c(NC(=O)Cn2c(=O)n(CC(=O)NCCc3ccc(Br)cc3)c(=O)c3ccccc32)cc1Cl. The molecular formula is C28H26BrClN4O6. The summed E-state index contributed by atoms with van der Waals surface area (Å²) in [6, 6.07) is 17.1. The van der Waals surface area contributed by atoms with E-state index >= 15 is 0 Å². The molecule has 0 unspecified atom stereocenters. The van der Waals surface area contributed by atoms with Gasteiger partial charge in [-0.05, 0) is 42.3 Å². The molecule has 0 spiro atoms. The quantitative estimate of drug-likeness (QED) is 0.277. The Kier molecular flexibility index (Phi) is 9.28. The van der Waals surface area contributed by atoms with E-state index in [0.29, 0.717) is 24.5 Å². The number of halogens is 2. The fraction of sp³-hybridized carbons (Fsp3) is 0.214. The van der Waals surface area contributed by atoms with E-state index in [-0.39, 0.29) is 21.6 Å². The molecule has 0 bridgehead atoms. The molecule has 0 aliphatic rings. The summed E-state index contributed by atoms with van der Waals surface area (Å²) >= 11 is 9.59. The molecule has 1 heterocycles. The van der Waals surface area contributed by atoms with Crippen LogP contribution >= 0.6 is 27.5 Å². The standard InChI is InChI=1S/C28H26BrClN4O6/c1-39-23-14-24(40-2)21(13-20(23)30)32-26(36)16-33-22-6-4-3-5-19(22)27(37)34(28(33)38)15-25(35)31-12-11-17-7-9-18(29)10-8-17/h3-10,13-14H,11-12,15-16H2,1-2H3,(H,31,35)(H,32,36). The van der Waals surface area contributed by atoms with Crippen molar-refractivity contribution in [1.29, 1.82) is 0 Å². The minimum Gasteiger partial charge on any atom is -0.495 e. The van der Waals surface area contributed by atoms with Crippen molar-refractivity contribution >= 4 is 55.9 Å². The van der Waals surface area contributed by atoms with Gasteiger partial charge in [-0.1, -0.05) is 51.8 Å². The number of fused-ring (bicyclic) bond motifs is 1. The smallest absolute Gasteiger partial charge is 0.332 e. The van der Waals surface area contributed by atoms with Crippen molar-refractivity contribution in [2.24, 2.45) is 0 Å². The minimum absolute atomic E-state index is 0.197. The summed E-state index contributed by atoms with van der Waals surface area (Å²) < 4.78 is 13.4. The molecule has 208 valence electrons. The highest BCUT2D eigenvalue weighted by Crippen LogP contribution is 2.35. The van der Waals surface area contributed by atoms with Crippen LogP contribution in [-0.4, -0.2) is 41.7 Å². The van der Waals surface area contributed by atoms with E-state index in [1.54, 1.807) is 24.3 Å². The Balaban J connectivity index is 1.56. The van der Waals surface area contributed by atoms with Gasteiger partial charge >= 0.3 is 5.69 Å². The van der Waals surface area contributed by atoms with Crippen molar-refractivity contribution in [1.82, 2.24) is 14.5 Å². The summed E-state index contributed by atoms with van der Waals surface area (Å²) in [4.78, 5) is 52.3. The van der Waals surface area contributed by atoms with Gasteiger partial charge in [0.25, 0.3) is 5.56 Å². The van der Waals surface area contributed by atoms with Gasteiger partial charge in [0.2, 0.25) is 11.8 Å². The molecule has 3 aromatic carbocycles. The van der Waals surface area contributed by atoms with Crippen LogP contribution in [0.1, 0.15) is 5.56 Å². The fourth-order valence-corrected chi connectivity index (χ4v) is 4.66. The van der Waals surface area contributed by atoms with Gasteiger partial charge in [0, 0.05) is 17.1 Å². The molecule has 1 aromatic heterocycles. The molecule has 0 radical (unpaired) electrons. The highest BCUT2D eigenvalue weighted by Gasteiger charge is 2.19. The molecule has 0 saturated heterocycles. The van der Waals surface area contributed by atoms with Crippen LogP contribution < -0.4 is 31.4 Å². The summed E-state index contributed by atoms with van der Waals surface area (Å²) in [5, 5.41) is 5.87. The van der Waals surface area contributed by atoms with E-state index in [1.807, 2.05) is 24.3 Å². The van der Waals surface area contributed by atoms with Gasteiger partial charge in [-0.3, -0.25) is 23.5 Å². The number of benzene rings is 3. The van der Waals surface area contributed by atoms with Crippen molar-refractivity contribution in [2.75, 3.05) is 26.1 Å². The Bertz CT molecular complexity index is 1680. The monoisotopic (exact) mass is 628 g/mol. The van der Waals surface area contributed by atoms with Crippen molar-refractivity contribution in [3.8, 4) is 11.5 Å². The number of amides is 2. The third-order valence-corrected chi connectivity index (χ3v) is 6.96. The van der Waals surface area contributed by atoms with Crippen LogP contribution in [0.15, 0.2) is 74.7 Å². The van der Waals surface area contributed by atoms with E-state index in [2.05, 4.69) is 26.6 Å². The maximum absolute atomic E-state index is 13.4. The number of carbonyl (C=O) groups is 2. The van der Waals surface area contributed by atoms with Gasteiger partial charge in [0.15, 0.2) is 0 Å². The summed E-state index contributed by atoms with van der Waals surface area (Å²) in [7, 11) is 2.88. The van der Waals surface area contributed by atoms with Crippen LogP contribution in [0.2, 0.25) is 5.02 Å². The second-order valence-corrected chi connectivity index (χ2v) is 10.1. The van der Waals surface area contributed by atoms with Gasteiger partial charge in [-0.15, -0.1) is 0 Å². The van der Waals surface area contributed by atoms with Crippen molar-refractivity contribution in [3.63, 3.8) is 0 Å². The molecule has 10 nitrogen and oxygen atoms in total. The van der Waals surface area contributed by atoms with Crippen LogP contribution in [0.4, 0.5) is 5.69 Å². The molecule has 0 atom stereocenters. The Morgan fingerprint density at radius 3 is 2.27 bits per heavy atom. The van der Waals surface area contributed by atoms with Crippen molar-refractivity contribution in [2.45, 2.75) is 19.5 Å². The molecule has 4 rings (SSSR count). The third-order valence-electron chi connectivity index (χ3n) is 6.13. The second-order valence-electron chi connectivity index (χ2n) is 8.74. The minimum atomic E-state index is -0.790. The Morgan fingerprint density at radius 2 is 1.57 bits per heavy atom. The number of hydrogen-bond acceptors (Lipinski definition) is 6. The number of para-hydroxylation sites is 1. The average Bonchev–Trinajstić information content (AvgIpc) is 2.94. The zero-order valence-corrected chi connectivity index (χ0v) is 24.0. The van der Waals surface area contributed by atoms with E-state index in [9.17, 15) is 19.2 Å². The van der Waals surface area contributed by atoms with Crippen LogP contribution in [0.25, 0.3) is 10.9 Å². The van der Waals surface area contributed by atoms with E-state index in [4.69, 9.17) is 21.1 Å². The van der Waals surface area contributed by atoms with Gasteiger partial charge in [0.05, 0.1) is 35.8 Å².